The molecule has 1 amide bonds. The van der Waals surface area contributed by atoms with Gasteiger partial charge in [0.05, 0.1) is 13.7 Å². The van der Waals surface area contributed by atoms with Crippen LogP contribution in [0, 0.1) is 0 Å². The van der Waals surface area contributed by atoms with Crippen molar-refractivity contribution in [2.24, 2.45) is 0 Å². The number of hydrogen-bond donors (Lipinski definition) is 1. The summed E-state index contributed by atoms with van der Waals surface area (Å²) >= 11 is 6.37. The molecule has 3 nitrogen and oxygen atoms in total. The van der Waals surface area contributed by atoms with Gasteiger partial charge in [-0.3, -0.25) is 4.79 Å². The molecule has 0 unspecified atom stereocenters. The molecule has 0 aliphatic rings. The first kappa shape index (κ1) is 12.6. The van der Waals surface area contributed by atoms with Crippen molar-refractivity contribution in [3.05, 3.63) is 37.1 Å². The largest absolute Gasteiger partial charge is 0.495 e. The first-order chi connectivity index (χ1) is 8.20. The van der Waals surface area contributed by atoms with Gasteiger partial charge in [-0.2, -0.15) is 0 Å². The molecule has 90 valence electrons. The molecule has 2 aromatic heterocycles. The van der Waals surface area contributed by atoms with Crippen LogP contribution in [0.1, 0.15) is 14.5 Å². The number of amides is 1. The van der Waals surface area contributed by atoms with Crippen molar-refractivity contribution in [3.63, 3.8) is 0 Å². The molecule has 0 spiro atoms. The molecular formula is C11H10BrNO2S2. The Morgan fingerprint density at radius 3 is 3.00 bits per heavy atom. The van der Waals surface area contributed by atoms with Crippen LogP contribution in [0.15, 0.2) is 27.4 Å². The Morgan fingerprint density at radius 2 is 2.35 bits per heavy atom. The normalized spacial score (nSPS) is 10.2. The summed E-state index contributed by atoms with van der Waals surface area (Å²) in [5.41, 5.74) is 0. The van der Waals surface area contributed by atoms with Gasteiger partial charge in [0, 0.05) is 14.7 Å². The molecule has 0 aliphatic carbocycles. The van der Waals surface area contributed by atoms with Crippen molar-refractivity contribution in [2.75, 3.05) is 7.11 Å². The second kappa shape index (κ2) is 5.66. The number of nitrogens with one attached hydrogen (secondary N) is 1. The standard InChI is InChI=1S/C11H10BrNO2S2/c1-15-9-2-3-16-10(9)11(14)13-5-8-4-7(12)6-17-8/h2-4,6H,5H2,1H3,(H,13,14). The Labute approximate surface area is 116 Å². The fourth-order valence-electron chi connectivity index (χ4n) is 1.32. The topological polar surface area (TPSA) is 38.3 Å². The molecule has 0 saturated heterocycles. The van der Waals surface area contributed by atoms with Crippen molar-refractivity contribution in [1.29, 1.82) is 0 Å². The number of hydrogen-bond acceptors (Lipinski definition) is 4. The maximum absolute atomic E-state index is 11.9. The highest BCUT2D eigenvalue weighted by atomic mass is 79.9. The summed E-state index contributed by atoms with van der Waals surface area (Å²) in [4.78, 5) is 13.6. The highest BCUT2D eigenvalue weighted by Crippen LogP contribution is 2.24. The number of carbonyl (C=O) groups excluding carboxylic acids is 1. The number of rotatable bonds is 4. The highest BCUT2D eigenvalue weighted by Gasteiger charge is 2.13. The monoisotopic (exact) mass is 331 g/mol. The van der Waals surface area contributed by atoms with Crippen LogP contribution in [-0.2, 0) is 6.54 Å². The summed E-state index contributed by atoms with van der Waals surface area (Å²) < 4.78 is 6.15. The van der Waals surface area contributed by atoms with Gasteiger partial charge in [-0.1, -0.05) is 0 Å². The number of halogens is 1. The van der Waals surface area contributed by atoms with Gasteiger partial charge in [0.25, 0.3) is 5.91 Å². The fourth-order valence-corrected chi connectivity index (χ4v) is 3.48. The van der Waals surface area contributed by atoms with E-state index < -0.39 is 0 Å². The van der Waals surface area contributed by atoms with Gasteiger partial charge in [0.1, 0.15) is 10.6 Å². The van der Waals surface area contributed by atoms with Crippen molar-refractivity contribution < 1.29 is 9.53 Å². The maximum Gasteiger partial charge on any atom is 0.265 e. The molecule has 0 atom stereocenters. The maximum atomic E-state index is 11.9. The summed E-state index contributed by atoms with van der Waals surface area (Å²) in [6, 6.07) is 3.79. The van der Waals surface area contributed by atoms with Gasteiger partial charge in [-0.15, -0.1) is 22.7 Å². The molecule has 0 saturated carbocycles. The SMILES string of the molecule is COc1ccsc1C(=O)NCc1cc(Br)cs1. The Balaban J connectivity index is 1.98. The molecule has 17 heavy (non-hydrogen) atoms. The average molecular weight is 332 g/mol. The van der Waals surface area contributed by atoms with Gasteiger partial charge in [-0.05, 0) is 33.4 Å². The third-order valence-corrected chi connectivity index (χ3v) is 4.69. The van der Waals surface area contributed by atoms with Crippen LogP contribution in [0.2, 0.25) is 0 Å². The molecule has 0 aromatic carbocycles. The third-order valence-electron chi connectivity index (χ3n) is 2.10. The smallest absolute Gasteiger partial charge is 0.265 e. The Kier molecular flexibility index (Phi) is 4.20. The number of ether oxygens (including phenoxy) is 1. The summed E-state index contributed by atoms with van der Waals surface area (Å²) in [5, 5.41) is 6.71. The van der Waals surface area contributed by atoms with E-state index in [0.29, 0.717) is 17.2 Å². The number of methoxy groups -OCH3 is 1. The first-order valence-electron chi connectivity index (χ1n) is 4.83. The van der Waals surface area contributed by atoms with E-state index in [9.17, 15) is 4.79 Å². The van der Waals surface area contributed by atoms with Crippen LogP contribution in [0.3, 0.4) is 0 Å². The molecule has 0 bridgehead atoms. The van der Waals surface area contributed by atoms with E-state index in [1.807, 2.05) is 16.8 Å². The molecule has 2 aromatic rings. The predicted molar refractivity (Wildman–Crippen MR) is 74.1 cm³/mol. The zero-order valence-electron chi connectivity index (χ0n) is 9.03. The molecule has 1 N–H and O–H groups in total. The molecule has 2 rings (SSSR count). The van der Waals surface area contributed by atoms with E-state index in [0.717, 1.165) is 9.35 Å². The number of thiophene rings is 2. The van der Waals surface area contributed by atoms with Crippen LogP contribution < -0.4 is 10.1 Å². The van der Waals surface area contributed by atoms with Crippen molar-refractivity contribution >= 4 is 44.5 Å². The lowest BCUT2D eigenvalue weighted by molar-refractivity contribution is 0.0952. The van der Waals surface area contributed by atoms with Gasteiger partial charge >= 0.3 is 0 Å². The van der Waals surface area contributed by atoms with E-state index in [1.54, 1.807) is 24.5 Å². The molecular weight excluding hydrogens is 322 g/mol. The van der Waals surface area contributed by atoms with Gasteiger partial charge < -0.3 is 10.1 Å². The van der Waals surface area contributed by atoms with Crippen LogP contribution in [0.4, 0.5) is 0 Å². The fraction of sp³-hybridized carbons (Fsp3) is 0.182. The van der Waals surface area contributed by atoms with Crippen LogP contribution in [0.25, 0.3) is 0 Å². The van der Waals surface area contributed by atoms with E-state index in [-0.39, 0.29) is 5.91 Å². The van der Waals surface area contributed by atoms with Gasteiger partial charge in [-0.25, -0.2) is 0 Å². The Morgan fingerprint density at radius 1 is 1.53 bits per heavy atom. The highest BCUT2D eigenvalue weighted by molar-refractivity contribution is 9.10. The summed E-state index contributed by atoms with van der Waals surface area (Å²) in [5.74, 6) is 0.529. The van der Waals surface area contributed by atoms with Crippen molar-refractivity contribution in [3.8, 4) is 5.75 Å². The zero-order chi connectivity index (χ0) is 12.3. The molecule has 0 fully saturated rings. The number of carbonyl (C=O) groups is 1. The third kappa shape index (κ3) is 3.08. The molecule has 0 aliphatic heterocycles. The van der Waals surface area contributed by atoms with Crippen molar-refractivity contribution in [2.45, 2.75) is 6.54 Å². The molecule has 0 radical (unpaired) electrons. The van der Waals surface area contributed by atoms with Crippen molar-refractivity contribution in [1.82, 2.24) is 5.32 Å². The summed E-state index contributed by atoms with van der Waals surface area (Å²) in [6.45, 7) is 0.538. The Hall–Kier alpha value is -0.850. The van der Waals surface area contributed by atoms with E-state index in [4.69, 9.17) is 4.74 Å². The minimum absolute atomic E-state index is 0.0960. The van der Waals surface area contributed by atoms with Crippen LogP contribution in [0.5, 0.6) is 5.75 Å². The van der Waals surface area contributed by atoms with Gasteiger partial charge in [0.15, 0.2) is 0 Å². The second-order valence-corrected chi connectivity index (χ2v) is 6.06. The quantitative estimate of drug-likeness (QED) is 0.930. The minimum Gasteiger partial charge on any atom is -0.495 e. The molecule has 2 heterocycles. The lowest BCUT2D eigenvalue weighted by Crippen LogP contribution is -2.21. The summed E-state index contributed by atoms with van der Waals surface area (Å²) in [7, 11) is 1.56. The summed E-state index contributed by atoms with van der Waals surface area (Å²) in [6.07, 6.45) is 0. The van der Waals surface area contributed by atoms with E-state index >= 15 is 0 Å². The predicted octanol–water partition coefficient (Wildman–Crippen LogP) is 3.51. The van der Waals surface area contributed by atoms with Crippen LogP contribution >= 0.6 is 38.6 Å². The zero-order valence-corrected chi connectivity index (χ0v) is 12.2. The Bertz CT molecular complexity index is 521. The first-order valence-corrected chi connectivity index (χ1v) is 7.38. The van der Waals surface area contributed by atoms with Gasteiger partial charge in [0.2, 0.25) is 0 Å². The minimum atomic E-state index is -0.0960. The average Bonchev–Trinajstić information content (AvgIpc) is 2.94. The van der Waals surface area contributed by atoms with Crippen LogP contribution in [-0.4, -0.2) is 13.0 Å². The lowest BCUT2D eigenvalue weighted by atomic mass is 10.4. The lowest BCUT2D eigenvalue weighted by Gasteiger charge is -2.03. The molecule has 6 heteroatoms. The van der Waals surface area contributed by atoms with E-state index in [1.165, 1.54) is 11.3 Å². The van der Waals surface area contributed by atoms with E-state index in [2.05, 4.69) is 21.2 Å². The second-order valence-electron chi connectivity index (χ2n) is 3.23.